The van der Waals surface area contributed by atoms with Gasteiger partial charge in [-0.3, -0.25) is 9.00 Å². The van der Waals surface area contributed by atoms with Gasteiger partial charge in [0, 0.05) is 55.3 Å². The SMILES string of the molecule is C[C@@H]1CN(c2cc(=O)n(C)n3cc(CS(C)=O)nc23)[C@@H](C)CN1C(=O)OC(C)(C)C. The van der Waals surface area contributed by atoms with Crippen molar-refractivity contribution in [3.63, 3.8) is 0 Å². The van der Waals surface area contributed by atoms with Crippen LogP contribution in [0.3, 0.4) is 0 Å². The van der Waals surface area contributed by atoms with Crippen molar-refractivity contribution in [2.45, 2.75) is 58.1 Å². The zero-order valence-electron chi connectivity index (χ0n) is 18.7. The highest BCUT2D eigenvalue weighted by Gasteiger charge is 2.35. The second-order valence-electron chi connectivity index (χ2n) is 8.99. The highest BCUT2D eigenvalue weighted by molar-refractivity contribution is 7.83. The fourth-order valence-corrected chi connectivity index (χ4v) is 4.28. The molecule has 0 saturated carbocycles. The number of hydrogen-bond donors (Lipinski definition) is 0. The van der Waals surface area contributed by atoms with Gasteiger partial charge < -0.3 is 14.5 Å². The van der Waals surface area contributed by atoms with Gasteiger partial charge in [0.25, 0.3) is 5.56 Å². The molecule has 1 amide bonds. The topological polar surface area (TPSA) is 89.2 Å². The smallest absolute Gasteiger partial charge is 0.410 e. The molecule has 0 aromatic carbocycles. The molecule has 0 spiro atoms. The molecule has 9 nitrogen and oxygen atoms in total. The Bertz CT molecular complexity index is 1040. The first-order chi connectivity index (χ1) is 13.9. The standard InChI is InChI=1S/C20H31N5O4S/c1-13-10-24(19(27)29-20(3,4)5)14(2)9-23(13)16-8-17(26)22(6)25-11-15(12-30(7)28)21-18(16)25/h8,11,13-14H,9-10,12H2,1-7H3/t13-,14+,30?/m0/s1. The molecule has 1 unspecified atom stereocenters. The van der Waals surface area contributed by atoms with Crippen molar-refractivity contribution in [3.05, 3.63) is 28.3 Å². The van der Waals surface area contributed by atoms with E-state index in [1.807, 2.05) is 34.6 Å². The van der Waals surface area contributed by atoms with Gasteiger partial charge in [-0.2, -0.15) is 0 Å². The number of rotatable bonds is 3. The highest BCUT2D eigenvalue weighted by atomic mass is 32.2. The Labute approximate surface area is 179 Å². The first kappa shape index (κ1) is 22.3. The summed E-state index contributed by atoms with van der Waals surface area (Å²) in [5.74, 6) is 0.327. The highest BCUT2D eigenvalue weighted by Crippen LogP contribution is 2.27. The fraction of sp³-hybridized carbons (Fsp3) is 0.650. The zero-order chi connectivity index (χ0) is 22.4. The summed E-state index contributed by atoms with van der Waals surface area (Å²) in [4.78, 5) is 33.7. The van der Waals surface area contributed by atoms with E-state index in [1.54, 1.807) is 35.0 Å². The zero-order valence-corrected chi connectivity index (χ0v) is 19.5. The number of nitrogens with zero attached hydrogens (tertiary/aromatic N) is 5. The summed E-state index contributed by atoms with van der Waals surface area (Å²) in [7, 11) is 0.648. The van der Waals surface area contributed by atoms with Crippen molar-refractivity contribution < 1.29 is 13.7 Å². The summed E-state index contributed by atoms with van der Waals surface area (Å²) >= 11 is 0. The van der Waals surface area contributed by atoms with Crippen molar-refractivity contribution in [1.82, 2.24) is 19.1 Å². The third-order valence-electron chi connectivity index (χ3n) is 5.14. The Kier molecular flexibility index (Phi) is 5.99. The van der Waals surface area contributed by atoms with Crippen LogP contribution in [0.5, 0.6) is 0 Å². The Morgan fingerprint density at radius 2 is 1.93 bits per heavy atom. The van der Waals surface area contributed by atoms with Crippen LogP contribution in [0, 0.1) is 0 Å². The number of fused-ring (bicyclic) bond motifs is 1. The van der Waals surface area contributed by atoms with Crippen LogP contribution >= 0.6 is 0 Å². The van der Waals surface area contributed by atoms with Crippen molar-refractivity contribution in [3.8, 4) is 0 Å². The number of aryl methyl sites for hydroxylation is 1. The number of carbonyl (C=O) groups is 1. The van der Waals surface area contributed by atoms with Crippen LogP contribution in [-0.2, 0) is 28.3 Å². The van der Waals surface area contributed by atoms with Crippen LogP contribution in [0.2, 0.25) is 0 Å². The van der Waals surface area contributed by atoms with E-state index in [1.165, 1.54) is 4.68 Å². The molecule has 2 aromatic rings. The third kappa shape index (κ3) is 4.53. The van der Waals surface area contributed by atoms with Crippen LogP contribution < -0.4 is 10.5 Å². The predicted molar refractivity (Wildman–Crippen MR) is 117 cm³/mol. The van der Waals surface area contributed by atoms with Crippen LogP contribution in [0.25, 0.3) is 5.65 Å². The van der Waals surface area contributed by atoms with Crippen LogP contribution in [0.1, 0.15) is 40.3 Å². The molecule has 3 heterocycles. The molecular weight excluding hydrogens is 406 g/mol. The number of imidazole rings is 1. The maximum Gasteiger partial charge on any atom is 0.410 e. The van der Waals surface area contributed by atoms with E-state index in [0.29, 0.717) is 30.2 Å². The molecule has 3 rings (SSSR count). The van der Waals surface area contributed by atoms with Crippen LogP contribution in [-0.4, -0.2) is 66.4 Å². The average Bonchev–Trinajstić information content (AvgIpc) is 3.01. The molecule has 0 radical (unpaired) electrons. The van der Waals surface area contributed by atoms with Crippen molar-refractivity contribution >= 4 is 28.2 Å². The molecule has 0 aliphatic carbocycles. The number of piperazine rings is 1. The molecular formula is C20H31N5O4S. The first-order valence-corrected chi connectivity index (χ1v) is 11.7. The monoisotopic (exact) mass is 437 g/mol. The second-order valence-corrected chi connectivity index (χ2v) is 10.4. The second kappa shape index (κ2) is 8.05. The summed E-state index contributed by atoms with van der Waals surface area (Å²) in [5.41, 5.74) is 1.32. The first-order valence-electron chi connectivity index (χ1n) is 10.0. The average molecular weight is 438 g/mol. The van der Waals surface area contributed by atoms with Gasteiger partial charge in [-0.15, -0.1) is 0 Å². The van der Waals surface area contributed by atoms with Crippen molar-refractivity contribution in [2.75, 3.05) is 24.2 Å². The summed E-state index contributed by atoms with van der Waals surface area (Å²) < 4.78 is 20.4. The lowest BCUT2D eigenvalue weighted by molar-refractivity contribution is 0.0130. The lowest BCUT2D eigenvalue weighted by Gasteiger charge is -2.45. The molecule has 0 N–H and O–H groups in total. The molecule has 10 heteroatoms. The Balaban J connectivity index is 1.95. The minimum absolute atomic E-state index is 0.0370. The molecule has 3 atom stereocenters. The number of aromatic nitrogens is 3. The summed E-state index contributed by atoms with van der Waals surface area (Å²) in [6, 6.07) is 1.45. The molecule has 2 aromatic heterocycles. The van der Waals surface area contributed by atoms with Crippen molar-refractivity contribution in [1.29, 1.82) is 0 Å². The number of carbonyl (C=O) groups excluding carboxylic acids is 1. The van der Waals surface area contributed by atoms with Gasteiger partial charge in [-0.25, -0.2) is 19.0 Å². The summed E-state index contributed by atoms with van der Waals surface area (Å²) in [5, 5.41) is 0. The summed E-state index contributed by atoms with van der Waals surface area (Å²) in [6.45, 7) is 10.6. The maximum atomic E-state index is 12.6. The molecule has 1 fully saturated rings. The minimum atomic E-state index is -1.03. The molecule has 1 saturated heterocycles. The fourth-order valence-electron chi connectivity index (χ4n) is 3.73. The number of amides is 1. The number of anilines is 1. The van der Waals surface area contributed by atoms with Gasteiger partial charge in [0.2, 0.25) is 0 Å². The van der Waals surface area contributed by atoms with Gasteiger partial charge in [-0.1, -0.05) is 0 Å². The van der Waals surface area contributed by atoms with E-state index < -0.39 is 16.4 Å². The normalized spacial score (nSPS) is 21.2. The van der Waals surface area contributed by atoms with Gasteiger partial charge in [0.05, 0.1) is 23.3 Å². The lowest BCUT2D eigenvalue weighted by Crippen LogP contribution is -2.59. The van der Waals surface area contributed by atoms with E-state index in [9.17, 15) is 13.8 Å². The van der Waals surface area contributed by atoms with E-state index in [2.05, 4.69) is 9.88 Å². The van der Waals surface area contributed by atoms with Gasteiger partial charge >= 0.3 is 6.09 Å². The minimum Gasteiger partial charge on any atom is -0.444 e. The van der Waals surface area contributed by atoms with Gasteiger partial charge in [0.15, 0.2) is 5.65 Å². The summed E-state index contributed by atoms with van der Waals surface area (Å²) in [6.07, 6.45) is 3.06. The molecule has 166 valence electrons. The van der Waals surface area contributed by atoms with Crippen LogP contribution in [0.15, 0.2) is 17.1 Å². The number of hydrogen-bond acceptors (Lipinski definition) is 6. The Hall–Kier alpha value is -2.36. The molecule has 1 aliphatic rings. The Morgan fingerprint density at radius 3 is 2.53 bits per heavy atom. The quantitative estimate of drug-likeness (QED) is 0.727. The van der Waals surface area contributed by atoms with E-state index >= 15 is 0 Å². The Morgan fingerprint density at radius 1 is 1.27 bits per heavy atom. The maximum absolute atomic E-state index is 12.6. The molecule has 1 aliphatic heterocycles. The lowest BCUT2D eigenvalue weighted by atomic mass is 10.1. The van der Waals surface area contributed by atoms with E-state index in [4.69, 9.17) is 4.74 Å². The van der Waals surface area contributed by atoms with Gasteiger partial charge in [0.1, 0.15) is 5.60 Å². The largest absolute Gasteiger partial charge is 0.444 e. The van der Waals surface area contributed by atoms with Crippen LogP contribution in [0.4, 0.5) is 10.5 Å². The van der Waals surface area contributed by atoms with E-state index in [0.717, 1.165) is 5.69 Å². The molecule has 0 bridgehead atoms. The van der Waals surface area contributed by atoms with Gasteiger partial charge in [-0.05, 0) is 34.6 Å². The third-order valence-corrected chi connectivity index (χ3v) is 5.85. The van der Waals surface area contributed by atoms with E-state index in [-0.39, 0.29) is 23.7 Å². The molecule has 30 heavy (non-hydrogen) atoms. The number of ether oxygens (including phenoxy) is 1. The predicted octanol–water partition coefficient (Wildman–Crippen LogP) is 1.75. The van der Waals surface area contributed by atoms with Crippen molar-refractivity contribution in [2.24, 2.45) is 7.05 Å².